The lowest BCUT2D eigenvalue weighted by Gasteiger charge is -2.13. The van der Waals surface area contributed by atoms with E-state index in [1.54, 1.807) is 0 Å². The molecule has 94 valence electrons. The van der Waals surface area contributed by atoms with Crippen LogP contribution in [0.4, 0.5) is 0 Å². The molecular weight excluding hydrogens is 212 g/mol. The fourth-order valence-electron chi connectivity index (χ4n) is 3.09. The average Bonchev–Trinajstić information content (AvgIpc) is 2.95. The quantitative estimate of drug-likeness (QED) is 0.800. The lowest BCUT2D eigenvalue weighted by Crippen LogP contribution is -2.13. The standard InChI is InChI=1S/C13H22N4/c1-2-4-7-11(6-3-1)17-10-13(15-16-17)12-8-5-9-14-12/h10-12,14H,1-9H2. The van der Waals surface area contributed by atoms with E-state index >= 15 is 0 Å². The average molecular weight is 234 g/mol. The molecule has 0 aromatic carbocycles. The molecule has 0 spiro atoms. The maximum absolute atomic E-state index is 4.35. The summed E-state index contributed by atoms with van der Waals surface area (Å²) in [7, 11) is 0. The van der Waals surface area contributed by atoms with Gasteiger partial charge in [-0.2, -0.15) is 0 Å². The molecule has 2 aliphatic rings. The van der Waals surface area contributed by atoms with Gasteiger partial charge in [0.2, 0.25) is 0 Å². The van der Waals surface area contributed by atoms with Gasteiger partial charge in [-0.3, -0.25) is 0 Å². The van der Waals surface area contributed by atoms with Crippen LogP contribution in [-0.2, 0) is 0 Å². The molecule has 2 fully saturated rings. The minimum atomic E-state index is 0.453. The van der Waals surface area contributed by atoms with Crippen molar-refractivity contribution in [1.82, 2.24) is 20.3 Å². The molecule has 1 saturated carbocycles. The molecule has 1 aromatic heterocycles. The largest absolute Gasteiger partial charge is 0.309 e. The van der Waals surface area contributed by atoms with E-state index in [1.165, 1.54) is 51.4 Å². The Labute approximate surface area is 103 Å². The Morgan fingerprint density at radius 2 is 1.88 bits per heavy atom. The van der Waals surface area contributed by atoms with E-state index in [2.05, 4.69) is 26.5 Å². The van der Waals surface area contributed by atoms with Gasteiger partial charge in [-0.15, -0.1) is 5.10 Å². The molecule has 1 unspecified atom stereocenters. The van der Waals surface area contributed by atoms with Crippen LogP contribution in [0.15, 0.2) is 6.20 Å². The Morgan fingerprint density at radius 3 is 2.59 bits per heavy atom. The Kier molecular flexibility index (Phi) is 3.41. The number of aromatic nitrogens is 3. The van der Waals surface area contributed by atoms with Gasteiger partial charge in [-0.25, -0.2) is 4.68 Å². The van der Waals surface area contributed by atoms with E-state index in [0.717, 1.165) is 12.2 Å². The second-order valence-corrected chi connectivity index (χ2v) is 5.42. The van der Waals surface area contributed by atoms with Crippen molar-refractivity contribution in [2.75, 3.05) is 6.54 Å². The molecule has 0 radical (unpaired) electrons. The SMILES string of the molecule is c1c(C2CCCN2)nnn1C1CCCCCC1. The number of hydrogen-bond donors (Lipinski definition) is 1. The minimum absolute atomic E-state index is 0.453. The second-order valence-electron chi connectivity index (χ2n) is 5.42. The van der Waals surface area contributed by atoms with Gasteiger partial charge in [-0.05, 0) is 32.2 Å². The van der Waals surface area contributed by atoms with E-state index in [0.29, 0.717) is 12.1 Å². The Bertz CT molecular complexity index is 346. The summed E-state index contributed by atoms with van der Waals surface area (Å²) >= 11 is 0. The molecule has 17 heavy (non-hydrogen) atoms. The van der Waals surface area contributed by atoms with Crippen molar-refractivity contribution < 1.29 is 0 Å². The molecule has 3 rings (SSSR count). The highest BCUT2D eigenvalue weighted by atomic mass is 15.4. The molecule has 1 atom stereocenters. The third-order valence-electron chi connectivity index (χ3n) is 4.14. The first kappa shape index (κ1) is 11.2. The van der Waals surface area contributed by atoms with E-state index in [9.17, 15) is 0 Å². The Morgan fingerprint density at radius 1 is 1.06 bits per heavy atom. The van der Waals surface area contributed by atoms with E-state index < -0.39 is 0 Å². The lowest BCUT2D eigenvalue weighted by molar-refractivity contribution is 0.396. The zero-order valence-corrected chi connectivity index (χ0v) is 10.4. The van der Waals surface area contributed by atoms with E-state index in [-0.39, 0.29) is 0 Å². The molecule has 4 nitrogen and oxygen atoms in total. The summed E-state index contributed by atoms with van der Waals surface area (Å²) in [6.07, 6.45) is 12.7. The molecular formula is C13H22N4. The van der Waals surface area contributed by atoms with Gasteiger partial charge in [0, 0.05) is 0 Å². The third kappa shape index (κ3) is 2.51. The van der Waals surface area contributed by atoms with Gasteiger partial charge >= 0.3 is 0 Å². The zero-order valence-electron chi connectivity index (χ0n) is 10.4. The smallest absolute Gasteiger partial charge is 0.0996 e. The molecule has 1 aliphatic heterocycles. The van der Waals surface area contributed by atoms with Crippen molar-refractivity contribution >= 4 is 0 Å². The lowest BCUT2D eigenvalue weighted by atomic mass is 10.1. The number of rotatable bonds is 2. The number of nitrogens with one attached hydrogen (secondary N) is 1. The molecule has 2 heterocycles. The summed E-state index contributed by atoms with van der Waals surface area (Å²) in [6.45, 7) is 1.13. The van der Waals surface area contributed by atoms with Crippen LogP contribution in [0.5, 0.6) is 0 Å². The van der Waals surface area contributed by atoms with Gasteiger partial charge in [-0.1, -0.05) is 30.9 Å². The van der Waals surface area contributed by atoms with Crippen molar-refractivity contribution in [2.45, 2.75) is 63.5 Å². The first-order valence-corrected chi connectivity index (χ1v) is 7.08. The third-order valence-corrected chi connectivity index (χ3v) is 4.14. The molecule has 4 heteroatoms. The second kappa shape index (κ2) is 5.17. The highest BCUT2D eigenvalue weighted by Crippen LogP contribution is 2.28. The molecule has 1 aromatic rings. The van der Waals surface area contributed by atoms with Gasteiger partial charge in [0.05, 0.1) is 24.0 Å². The fraction of sp³-hybridized carbons (Fsp3) is 0.846. The van der Waals surface area contributed by atoms with Crippen molar-refractivity contribution in [3.63, 3.8) is 0 Å². The van der Waals surface area contributed by atoms with Crippen LogP contribution >= 0.6 is 0 Å². The predicted molar refractivity (Wildman–Crippen MR) is 66.7 cm³/mol. The van der Waals surface area contributed by atoms with Gasteiger partial charge < -0.3 is 5.32 Å². The highest BCUT2D eigenvalue weighted by molar-refractivity contribution is 5.03. The van der Waals surface area contributed by atoms with Crippen molar-refractivity contribution in [3.05, 3.63) is 11.9 Å². The summed E-state index contributed by atoms with van der Waals surface area (Å²) in [5.41, 5.74) is 1.15. The highest BCUT2D eigenvalue weighted by Gasteiger charge is 2.21. The summed E-state index contributed by atoms with van der Waals surface area (Å²) in [6, 6.07) is 1.05. The van der Waals surface area contributed by atoms with Gasteiger partial charge in [0.1, 0.15) is 0 Å². The van der Waals surface area contributed by atoms with Gasteiger partial charge in [0.15, 0.2) is 0 Å². The van der Waals surface area contributed by atoms with Crippen LogP contribution in [-0.4, -0.2) is 21.5 Å². The van der Waals surface area contributed by atoms with Gasteiger partial charge in [0.25, 0.3) is 0 Å². The van der Waals surface area contributed by atoms with Crippen LogP contribution in [0, 0.1) is 0 Å². The summed E-state index contributed by atoms with van der Waals surface area (Å²) in [5, 5.41) is 12.2. The maximum Gasteiger partial charge on any atom is 0.0996 e. The van der Waals surface area contributed by atoms with E-state index in [4.69, 9.17) is 0 Å². The molecule has 1 aliphatic carbocycles. The van der Waals surface area contributed by atoms with E-state index in [1.807, 2.05) is 0 Å². The Hall–Kier alpha value is -0.900. The monoisotopic (exact) mass is 234 g/mol. The van der Waals surface area contributed by atoms with Crippen LogP contribution in [0.2, 0.25) is 0 Å². The number of nitrogens with zero attached hydrogens (tertiary/aromatic N) is 3. The minimum Gasteiger partial charge on any atom is -0.309 e. The van der Waals surface area contributed by atoms with Crippen molar-refractivity contribution in [2.24, 2.45) is 0 Å². The van der Waals surface area contributed by atoms with Crippen LogP contribution in [0.25, 0.3) is 0 Å². The zero-order chi connectivity index (χ0) is 11.5. The predicted octanol–water partition coefficient (Wildman–Crippen LogP) is 2.60. The first-order chi connectivity index (χ1) is 8.43. The summed E-state index contributed by atoms with van der Waals surface area (Å²) in [4.78, 5) is 0. The Balaban J connectivity index is 1.70. The van der Waals surface area contributed by atoms with Crippen LogP contribution < -0.4 is 5.32 Å². The number of hydrogen-bond acceptors (Lipinski definition) is 3. The molecule has 1 N–H and O–H groups in total. The van der Waals surface area contributed by atoms with Crippen LogP contribution in [0.1, 0.15) is 69.1 Å². The fourth-order valence-corrected chi connectivity index (χ4v) is 3.09. The van der Waals surface area contributed by atoms with Crippen molar-refractivity contribution in [3.8, 4) is 0 Å². The maximum atomic E-state index is 4.35. The first-order valence-electron chi connectivity index (χ1n) is 7.08. The van der Waals surface area contributed by atoms with Crippen molar-refractivity contribution in [1.29, 1.82) is 0 Å². The molecule has 1 saturated heterocycles. The summed E-state index contributed by atoms with van der Waals surface area (Å²) < 4.78 is 2.13. The molecule has 0 amide bonds. The van der Waals surface area contributed by atoms with Crippen LogP contribution in [0.3, 0.4) is 0 Å². The normalized spacial score (nSPS) is 27.2. The molecule has 0 bridgehead atoms. The topological polar surface area (TPSA) is 42.7 Å². The summed E-state index contributed by atoms with van der Waals surface area (Å²) in [5.74, 6) is 0.